The fourth-order valence-corrected chi connectivity index (χ4v) is 3.48. The Morgan fingerprint density at radius 3 is 1.66 bits per heavy atom. The second-order valence-electron chi connectivity index (χ2n) is 9.18. The van der Waals surface area contributed by atoms with Crippen LogP contribution >= 0.6 is 0 Å². The molecule has 0 aliphatic carbocycles. The first kappa shape index (κ1) is 30.4. The van der Waals surface area contributed by atoms with Crippen LogP contribution in [0.15, 0.2) is 0 Å². The minimum atomic E-state index is -0.924. The molecule has 0 radical (unpaired) electrons. The van der Waals surface area contributed by atoms with Crippen molar-refractivity contribution in [2.24, 2.45) is 0 Å². The third-order valence-electron chi connectivity index (χ3n) is 4.94. The van der Waals surface area contributed by atoms with E-state index in [9.17, 15) is 9.59 Å². The lowest BCUT2D eigenvalue weighted by Crippen LogP contribution is -3.00. The van der Waals surface area contributed by atoms with Crippen LogP contribution in [0.5, 0.6) is 0 Å². The molecule has 1 N–H and O–H groups in total. The van der Waals surface area contributed by atoms with Gasteiger partial charge in [-0.25, -0.2) is 0 Å². The molecule has 0 heterocycles. The van der Waals surface area contributed by atoms with E-state index >= 15 is 0 Å². The van der Waals surface area contributed by atoms with Crippen molar-refractivity contribution in [1.82, 2.24) is 0 Å². The van der Waals surface area contributed by atoms with E-state index < -0.39 is 12.1 Å². The number of hydrogen-bond donors (Lipinski definition) is 1. The number of carboxylic acids is 1. The predicted molar refractivity (Wildman–Crippen MR) is 115 cm³/mol. The number of esters is 1. The fraction of sp³-hybridized carbons (Fsp3) is 0.913. The number of carbonyl (C=O) groups excluding carboxylic acids is 1. The molecule has 0 aromatic rings. The Kier molecular flexibility index (Phi) is 20.1. The number of rotatable bonds is 19. The van der Waals surface area contributed by atoms with Crippen LogP contribution in [0.2, 0.25) is 0 Å². The number of unbranched alkanes of at least 4 members (excludes halogenated alkanes) is 12. The van der Waals surface area contributed by atoms with E-state index in [1.165, 1.54) is 70.6 Å². The maximum Gasteiger partial charge on any atom is 0.307 e. The van der Waals surface area contributed by atoms with Crippen molar-refractivity contribution < 1.29 is 36.3 Å². The maximum atomic E-state index is 12.0. The topological polar surface area (TPSA) is 63.6 Å². The number of carbonyl (C=O) groups is 2. The first-order valence-corrected chi connectivity index (χ1v) is 11.5. The molecular weight excluding hydrogens is 392 g/mol. The van der Waals surface area contributed by atoms with Crippen LogP contribution < -0.4 is 12.4 Å². The van der Waals surface area contributed by atoms with Gasteiger partial charge in [0.25, 0.3) is 0 Å². The summed E-state index contributed by atoms with van der Waals surface area (Å²) in [6.45, 7) is 2.77. The van der Waals surface area contributed by atoms with E-state index in [1.807, 2.05) is 21.1 Å². The van der Waals surface area contributed by atoms with Crippen LogP contribution in [0, 0.1) is 0 Å². The fourth-order valence-electron chi connectivity index (χ4n) is 3.48. The molecule has 1 atom stereocenters. The lowest BCUT2D eigenvalue weighted by Gasteiger charge is -2.28. The van der Waals surface area contributed by atoms with Crippen molar-refractivity contribution in [3.05, 3.63) is 0 Å². The molecule has 0 aliphatic heterocycles. The lowest BCUT2D eigenvalue weighted by atomic mass is 10.0. The van der Waals surface area contributed by atoms with Gasteiger partial charge in [0.2, 0.25) is 0 Å². The predicted octanol–water partition coefficient (Wildman–Crippen LogP) is 2.56. The van der Waals surface area contributed by atoms with E-state index in [2.05, 4.69) is 6.92 Å². The summed E-state index contributed by atoms with van der Waals surface area (Å²) in [5.41, 5.74) is 0. The monoisotopic (exact) mass is 437 g/mol. The quantitative estimate of drug-likeness (QED) is 0.191. The summed E-state index contributed by atoms with van der Waals surface area (Å²) in [6.07, 6.45) is 16.2. The second kappa shape index (κ2) is 19.2. The van der Waals surface area contributed by atoms with E-state index in [0.29, 0.717) is 17.4 Å². The van der Waals surface area contributed by atoms with Crippen LogP contribution in [-0.2, 0) is 14.3 Å². The summed E-state index contributed by atoms with van der Waals surface area (Å²) in [7, 11) is 5.90. The molecule has 0 saturated carbocycles. The molecule has 29 heavy (non-hydrogen) atoms. The highest BCUT2D eigenvalue weighted by Crippen LogP contribution is 2.14. The largest absolute Gasteiger partial charge is 1.00 e. The lowest BCUT2D eigenvalue weighted by molar-refractivity contribution is -0.873. The third kappa shape index (κ3) is 23.3. The Morgan fingerprint density at radius 2 is 1.28 bits per heavy atom. The molecule has 0 bridgehead atoms. The highest BCUT2D eigenvalue weighted by Gasteiger charge is 2.24. The first-order valence-electron chi connectivity index (χ1n) is 11.5. The highest BCUT2D eigenvalue weighted by molar-refractivity contribution is 5.71. The molecule has 0 amide bonds. The minimum absolute atomic E-state index is 0. The summed E-state index contributed by atoms with van der Waals surface area (Å²) in [6, 6.07) is 0. The summed E-state index contributed by atoms with van der Waals surface area (Å²) in [4.78, 5) is 23.0. The summed E-state index contributed by atoms with van der Waals surface area (Å²) in [5.74, 6) is -1.19. The highest BCUT2D eigenvalue weighted by atomic mass is 35.5. The third-order valence-corrected chi connectivity index (χ3v) is 4.94. The number of aliphatic carboxylic acids is 1. The van der Waals surface area contributed by atoms with Crippen molar-refractivity contribution in [1.29, 1.82) is 0 Å². The van der Waals surface area contributed by atoms with Gasteiger partial charge in [-0.3, -0.25) is 9.59 Å². The summed E-state index contributed by atoms with van der Waals surface area (Å²) >= 11 is 0. The Labute approximate surface area is 185 Å². The number of halogens is 1. The van der Waals surface area contributed by atoms with E-state index in [0.717, 1.165) is 12.8 Å². The van der Waals surface area contributed by atoms with Gasteiger partial charge in [-0.1, -0.05) is 84.0 Å². The molecule has 1 unspecified atom stereocenters. The zero-order chi connectivity index (χ0) is 21.3. The van der Waals surface area contributed by atoms with Crippen molar-refractivity contribution >= 4 is 11.9 Å². The number of ether oxygens (including phenoxy) is 1. The molecule has 0 spiro atoms. The Hall–Kier alpha value is -0.810. The van der Waals surface area contributed by atoms with E-state index in [-0.39, 0.29) is 24.8 Å². The smallest absolute Gasteiger partial charge is 0.307 e. The van der Waals surface area contributed by atoms with Gasteiger partial charge in [0, 0.05) is 6.42 Å². The normalized spacial score (nSPS) is 12.3. The second-order valence-corrected chi connectivity index (χ2v) is 9.18. The van der Waals surface area contributed by atoms with Gasteiger partial charge in [-0.05, 0) is 6.42 Å². The van der Waals surface area contributed by atoms with Gasteiger partial charge in [-0.15, -0.1) is 0 Å². The number of likely N-dealkylation sites (N-methyl/N-ethyl adjacent to an activating group) is 1. The van der Waals surface area contributed by atoms with Crippen molar-refractivity contribution in [2.45, 2.75) is 109 Å². The number of quaternary nitrogens is 1. The molecule has 0 rings (SSSR count). The molecule has 0 aromatic heterocycles. The minimum Gasteiger partial charge on any atom is -1.00 e. The van der Waals surface area contributed by atoms with Crippen LogP contribution in [0.25, 0.3) is 0 Å². The number of hydrogen-bond acceptors (Lipinski definition) is 3. The van der Waals surface area contributed by atoms with Gasteiger partial charge < -0.3 is 26.7 Å². The van der Waals surface area contributed by atoms with Crippen molar-refractivity contribution in [3.63, 3.8) is 0 Å². The molecule has 0 fully saturated rings. The molecule has 5 nitrogen and oxygen atoms in total. The SMILES string of the molecule is CCCCCCCCCCCCCCC[14C](=O)OC(CC(=O)O)C[N+](C)(C)C.[Cl-]. The number of carboxylic acid groups (broad SMARTS) is 1. The zero-order valence-electron chi connectivity index (χ0n) is 19.4. The van der Waals surface area contributed by atoms with Crippen LogP contribution in [-0.4, -0.2) is 55.3 Å². The molecule has 174 valence electrons. The molecule has 6 heteroatoms. The molecule has 0 aliphatic rings. The van der Waals surface area contributed by atoms with Gasteiger partial charge in [0.05, 0.1) is 27.6 Å². The van der Waals surface area contributed by atoms with Crippen molar-refractivity contribution in [2.75, 3.05) is 27.7 Å². The van der Waals surface area contributed by atoms with Gasteiger partial charge in [-0.2, -0.15) is 0 Å². The molecular formula is C23H46ClNO4. The average Bonchev–Trinajstić information content (AvgIpc) is 2.56. The summed E-state index contributed by atoms with van der Waals surface area (Å²) < 4.78 is 5.98. The van der Waals surface area contributed by atoms with Crippen LogP contribution in [0.3, 0.4) is 0 Å². The zero-order valence-corrected chi connectivity index (χ0v) is 20.1. The summed E-state index contributed by atoms with van der Waals surface area (Å²) in [5, 5.41) is 8.99. The van der Waals surface area contributed by atoms with Crippen molar-refractivity contribution in [3.8, 4) is 0 Å². The molecule has 0 aromatic carbocycles. The maximum absolute atomic E-state index is 12.0. The number of nitrogens with zero attached hydrogens (tertiary/aromatic N) is 1. The van der Waals surface area contributed by atoms with Gasteiger partial charge in [0.1, 0.15) is 6.54 Å². The van der Waals surface area contributed by atoms with E-state index in [1.54, 1.807) is 0 Å². The Balaban J connectivity index is 0. The Bertz CT molecular complexity index is 410. The van der Waals surface area contributed by atoms with Crippen LogP contribution in [0.1, 0.15) is 103 Å². The standard InChI is InChI=1S/C23H45NO4.ClH/c1-5-6-7-8-9-10-11-12-13-14-15-16-17-18-23(27)28-21(19-22(25)26)20-24(2,3)4;/h21H,5-20H2,1-4H3;1H/i23+2;. The van der Waals surface area contributed by atoms with Crippen LogP contribution in [0.4, 0.5) is 0 Å². The first-order chi connectivity index (χ1) is 13.2. The van der Waals surface area contributed by atoms with E-state index in [4.69, 9.17) is 9.84 Å². The average molecular weight is 438 g/mol. The molecule has 0 saturated heterocycles. The Morgan fingerprint density at radius 1 is 0.862 bits per heavy atom. The van der Waals surface area contributed by atoms with Gasteiger partial charge >= 0.3 is 11.9 Å². The van der Waals surface area contributed by atoms with Gasteiger partial charge in [0.15, 0.2) is 6.10 Å².